The number of fused-ring (bicyclic) bond motifs is 2. The molecule has 45 heavy (non-hydrogen) atoms. The molecule has 1 saturated heterocycles. The van der Waals surface area contributed by atoms with Crippen molar-refractivity contribution in [2.24, 2.45) is 0 Å². The first-order chi connectivity index (χ1) is 21.7. The van der Waals surface area contributed by atoms with Crippen LogP contribution in [-0.4, -0.2) is 70.4 Å². The van der Waals surface area contributed by atoms with Crippen molar-refractivity contribution in [3.63, 3.8) is 0 Å². The molecule has 0 spiro atoms. The van der Waals surface area contributed by atoms with Gasteiger partial charge in [0.15, 0.2) is 5.84 Å². The van der Waals surface area contributed by atoms with E-state index in [0.29, 0.717) is 35.9 Å². The number of rotatable bonds is 10. The van der Waals surface area contributed by atoms with E-state index in [2.05, 4.69) is 39.1 Å². The molecule has 4 heterocycles. The number of likely N-dealkylation sites (tertiary alicyclic amines) is 1. The highest BCUT2D eigenvalue weighted by atomic mass is 32.2. The van der Waals surface area contributed by atoms with E-state index in [1.807, 2.05) is 11.0 Å². The van der Waals surface area contributed by atoms with Crippen LogP contribution in [0, 0.1) is 5.41 Å². The Hall–Kier alpha value is -4.59. The van der Waals surface area contributed by atoms with E-state index < -0.39 is 22.0 Å². The lowest BCUT2D eigenvalue weighted by Crippen LogP contribution is -2.80. The standard InChI is InChI=1S/C32H36N8O4S/c1-2-34-31-28(29(33)39-17-14-22(15-18-39)25-13-12-23-9-6-16-35-30(23)37-25)36-20-40(31)19-26(32(41)42)38-45(43,44)27-11-5-8-21-7-3-4-10-24(21)27/h2-5,7-8,10-13,20,22,26,33-34,38H,1,6,9,14-19H2,(H,35,37)(H,41,42)/p+1. The molecule has 0 bridgehead atoms. The van der Waals surface area contributed by atoms with Crippen LogP contribution in [0.3, 0.4) is 0 Å². The Morgan fingerprint density at radius 3 is 2.71 bits per heavy atom. The summed E-state index contributed by atoms with van der Waals surface area (Å²) in [5.41, 5.74) is 2.74. The van der Waals surface area contributed by atoms with Crippen LogP contribution >= 0.6 is 0 Å². The smallest absolute Gasteiger partial charge is 0.323 e. The number of benzene rings is 2. The molecule has 2 aliphatic heterocycles. The summed E-state index contributed by atoms with van der Waals surface area (Å²) in [6, 6.07) is 14.7. The Kier molecular flexibility index (Phi) is 8.65. The van der Waals surface area contributed by atoms with Gasteiger partial charge in [0.2, 0.25) is 15.8 Å². The third-order valence-electron chi connectivity index (χ3n) is 8.57. The highest BCUT2D eigenvalue weighted by Crippen LogP contribution is 2.30. The molecule has 13 heteroatoms. The fraction of sp³-hybridized carbons (Fsp3) is 0.312. The molecule has 2 aromatic carbocycles. The molecule has 2 aliphatic rings. The SMILES string of the molecule is C=CNc1c(C(=N)N2CCC(c3ccc4c(n3)[NH2+]CCC4)CC2)ncn1CC(NS(=O)(=O)c1cccc2ccccc12)C(=O)O. The fourth-order valence-corrected chi connectivity index (χ4v) is 7.61. The molecule has 234 valence electrons. The van der Waals surface area contributed by atoms with Gasteiger partial charge in [-0.1, -0.05) is 43.0 Å². The maximum absolute atomic E-state index is 13.4. The van der Waals surface area contributed by atoms with Crippen molar-refractivity contribution >= 4 is 44.2 Å². The Bertz CT molecular complexity index is 1860. The van der Waals surface area contributed by atoms with Crippen molar-refractivity contribution in [1.29, 1.82) is 5.41 Å². The predicted molar refractivity (Wildman–Crippen MR) is 171 cm³/mol. The van der Waals surface area contributed by atoms with Crippen LogP contribution in [0.4, 0.5) is 11.6 Å². The molecule has 0 saturated carbocycles. The van der Waals surface area contributed by atoms with E-state index in [0.717, 1.165) is 42.7 Å². The number of carboxylic acid groups (broad SMARTS) is 1. The van der Waals surface area contributed by atoms with Gasteiger partial charge in [0.25, 0.3) is 0 Å². The number of pyridine rings is 1. The van der Waals surface area contributed by atoms with Gasteiger partial charge in [0.1, 0.15) is 17.6 Å². The predicted octanol–water partition coefficient (Wildman–Crippen LogP) is 2.76. The number of carboxylic acids is 1. The van der Waals surface area contributed by atoms with E-state index in [1.54, 1.807) is 30.3 Å². The van der Waals surface area contributed by atoms with Crippen molar-refractivity contribution in [2.75, 3.05) is 25.0 Å². The monoisotopic (exact) mass is 629 g/mol. The van der Waals surface area contributed by atoms with E-state index in [-0.39, 0.29) is 17.3 Å². The average molecular weight is 630 g/mol. The summed E-state index contributed by atoms with van der Waals surface area (Å²) in [6.07, 6.45) is 6.77. The van der Waals surface area contributed by atoms with Crippen LogP contribution < -0.4 is 15.4 Å². The van der Waals surface area contributed by atoms with E-state index in [1.165, 1.54) is 35.1 Å². The zero-order valence-electron chi connectivity index (χ0n) is 24.8. The second-order valence-electron chi connectivity index (χ2n) is 11.4. The number of quaternary nitrogens is 1. The number of carbonyl (C=O) groups is 1. The number of hydrogen-bond acceptors (Lipinski definition) is 7. The maximum Gasteiger partial charge on any atom is 0.323 e. The number of nitrogens with two attached hydrogens (primary N) is 1. The van der Waals surface area contributed by atoms with E-state index >= 15 is 0 Å². The van der Waals surface area contributed by atoms with Gasteiger partial charge in [0, 0.05) is 42.1 Å². The van der Waals surface area contributed by atoms with Gasteiger partial charge in [-0.15, -0.1) is 0 Å². The number of aliphatic carboxylic acids is 1. The largest absolute Gasteiger partial charge is 0.480 e. The topological polar surface area (TPSA) is 170 Å². The summed E-state index contributed by atoms with van der Waals surface area (Å²) in [7, 11) is -4.20. The Balaban J connectivity index is 1.17. The molecule has 12 nitrogen and oxygen atoms in total. The zero-order chi connectivity index (χ0) is 31.6. The molecular weight excluding hydrogens is 592 g/mol. The van der Waals surface area contributed by atoms with Crippen LogP contribution in [0.5, 0.6) is 0 Å². The van der Waals surface area contributed by atoms with Gasteiger partial charge < -0.3 is 19.9 Å². The fourth-order valence-electron chi connectivity index (χ4n) is 6.20. The lowest BCUT2D eigenvalue weighted by molar-refractivity contribution is -0.579. The van der Waals surface area contributed by atoms with Crippen molar-refractivity contribution in [3.05, 3.63) is 90.7 Å². The first-order valence-corrected chi connectivity index (χ1v) is 16.6. The Morgan fingerprint density at radius 2 is 1.93 bits per heavy atom. The van der Waals surface area contributed by atoms with Gasteiger partial charge in [0.05, 0.1) is 24.3 Å². The minimum atomic E-state index is -4.20. The number of piperidine rings is 1. The molecule has 1 atom stereocenters. The van der Waals surface area contributed by atoms with Crippen molar-refractivity contribution in [3.8, 4) is 0 Å². The lowest BCUT2D eigenvalue weighted by atomic mass is 9.92. The molecule has 0 amide bonds. The number of nitrogens with zero attached hydrogens (tertiary/aromatic N) is 4. The van der Waals surface area contributed by atoms with E-state index in [9.17, 15) is 18.3 Å². The molecular formula is C32H37N8O4S+. The molecule has 0 aliphatic carbocycles. The lowest BCUT2D eigenvalue weighted by Gasteiger charge is -2.33. The molecule has 1 fully saturated rings. The summed E-state index contributed by atoms with van der Waals surface area (Å²) in [5.74, 6) is 0.637. The van der Waals surface area contributed by atoms with Crippen LogP contribution in [-0.2, 0) is 27.8 Å². The highest BCUT2D eigenvalue weighted by molar-refractivity contribution is 7.89. The van der Waals surface area contributed by atoms with Crippen LogP contribution in [0.2, 0.25) is 0 Å². The number of sulfonamides is 1. The Morgan fingerprint density at radius 1 is 1.16 bits per heavy atom. The number of aryl methyl sites for hydroxylation is 1. The van der Waals surface area contributed by atoms with Crippen LogP contribution in [0.25, 0.3) is 10.8 Å². The quantitative estimate of drug-likeness (QED) is 0.132. The summed E-state index contributed by atoms with van der Waals surface area (Å²) in [5, 5.41) is 25.4. The molecule has 1 unspecified atom stereocenters. The molecule has 2 aromatic heterocycles. The molecule has 0 radical (unpaired) electrons. The molecule has 6 rings (SSSR count). The van der Waals surface area contributed by atoms with Crippen molar-refractivity contribution in [1.82, 2.24) is 24.2 Å². The van der Waals surface area contributed by atoms with Gasteiger partial charge in [-0.05, 0) is 49.0 Å². The first kappa shape index (κ1) is 30.4. The summed E-state index contributed by atoms with van der Waals surface area (Å²) in [4.78, 5) is 23.6. The Labute approximate surface area is 261 Å². The number of amidine groups is 1. The van der Waals surface area contributed by atoms with Crippen LogP contribution in [0.15, 0.2) is 78.6 Å². The number of imidazole rings is 1. The van der Waals surface area contributed by atoms with Crippen LogP contribution in [0.1, 0.15) is 42.1 Å². The van der Waals surface area contributed by atoms with Gasteiger partial charge >= 0.3 is 5.97 Å². The third-order valence-corrected chi connectivity index (χ3v) is 10.1. The second kappa shape index (κ2) is 12.8. The minimum absolute atomic E-state index is 0.00323. The van der Waals surface area contributed by atoms with E-state index in [4.69, 9.17) is 10.4 Å². The van der Waals surface area contributed by atoms with Gasteiger partial charge in [-0.25, -0.2) is 18.4 Å². The molecule has 4 aromatic rings. The molecule has 6 N–H and O–H groups in total. The van der Waals surface area contributed by atoms with Crippen molar-refractivity contribution in [2.45, 2.75) is 49.1 Å². The summed E-state index contributed by atoms with van der Waals surface area (Å²) < 4.78 is 30.7. The second-order valence-corrected chi connectivity index (χ2v) is 13.1. The normalized spacial score (nSPS) is 16.2. The third kappa shape index (κ3) is 6.32. The average Bonchev–Trinajstić information content (AvgIpc) is 3.45. The van der Waals surface area contributed by atoms with Gasteiger partial charge in [-0.2, -0.15) is 4.72 Å². The number of anilines is 1. The number of hydrogen-bond donors (Lipinski definition) is 5. The summed E-state index contributed by atoms with van der Waals surface area (Å²) in [6.45, 7) is 5.83. The maximum atomic E-state index is 13.4. The highest BCUT2D eigenvalue weighted by Gasteiger charge is 2.31. The van der Waals surface area contributed by atoms with Crippen molar-refractivity contribution < 1.29 is 23.6 Å². The zero-order valence-corrected chi connectivity index (χ0v) is 25.6. The minimum Gasteiger partial charge on any atom is -0.480 e. The first-order valence-electron chi connectivity index (χ1n) is 15.1. The number of nitrogens with one attached hydrogen (secondary N) is 3. The summed E-state index contributed by atoms with van der Waals surface area (Å²) >= 11 is 0. The van der Waals surface area contributed by atoms with Gasteiger partial charge in [-0.3, -0.25) is 15.5 Å². The number of aromatic nitrogens is 3.